The molecule has 1 atom stereocenters. The number of aliphatic carboxylic acids is 1. The molecule has 2 aromatic carbocycles. The van der Waals surface area contributed by atoms with E-state index in [0.717, 1.165) is 40.4 Å². The Morgan fingerprint density at radius 1 is 0.651 bits per heavy atom. The minimum Gasteiger partial charge on any atom is -0.481 e. The number of carboxylic acids is 1. The van der Waals surface area contributed by atoms with Gasteiger partial charge in [-0.1, -0.05) is 49.6 Å². The zero-order valence-corrected chi connectivity index (χ0v) is 47.4. The smallest absolute Gasteiger partial charge is 0.322 e. The SMILES string of the molecule is COCCOCCOCCOCCOCCOCCC(=O)NCCCC[C@H](CC(=O)CNC(=O)CCC(=O)O)C(=O)NCCCCCCn1nc(-c2ccc(NC(=O)N3Cc4ccncc4C3)cc2)cc(-c2ccc3cccnc3c2)c1=O. The Morgan fingerprint density at radius 2 is 1.30 bits per heavy atom. The number of nitrogens with zero attached hydrogens (tertiary/aromatic N) is 5. The molecule has 3 aromatic heterocycles. The van der Waals surface area contributed by atoms with Crippen LogP contribution in [0, 0.1) is 5.92 Å². The molecule has 0 spiro atoms. The summed E-state index contributed by atoms with van der Waals surface area (Å²) in [6.07, 6.45) is 8.80. The summed E-state index contributed by atoms with van der Waals surface area (Å²) < 4.78 is 33.6. The second-order valence-corrected chi connectivity index (χ2v) is 19.9. The number of amides is 5. The lowest BCUT2D eigenvalue weighted by molar-refractivity contribution is -0.139. The second kappa shape index (κ2) is 36.8. The van der Waals surface area contributed by atoms with Crippen molar-refractivity contribution in [3.05, 3.63) is 107 Å². The molecule has 6 rings (SSSR count). The van der Waals surface area contributed by atoms with Crippen molar-refractivity contribution >= 4 is 52.1 Å². The largest absolute Gasteiger partial charge is 0.481 e. The average Bonchev–Trinajstić information content (AvgIpc) is 4.09. The van der Waals surface area contributed by atoms with Gasteiger partial charge in [-0.05, 0) is 78.8 Å². The summed E-state index contributed by atoms with van der Waals surface area (Å²) in [5, 5.41) is 25.9. The zero-order valence-electron chi connectivity index (χ0n) is 47.4. The molecule has 0 aliphatic carbocycles. The van der Waals surface area contributed by atoms with Gasteiger partial charge in [-0.15, -0.1) is 0 Å². The minimum atomic E-state index is -1.13. The Balaban J connectivity index is 0.920. The van der Waals surface area contributed by atoms with Crippen LogP contribution in [0.5, 0.6) is 0 Å². The number of carboxylic acid groups (broad SMARTS) is 1. The maximum absolute atomic E-state index is 14.1. The number of aryl methyl sites for hydroxylation is 1. The van der Waals surface area contributed by atoms with Gasteiger partial charge in [0, 0.05) is 100 Å². The number of unbranched alkanes of at least 4 members (excludes halogenated alkanes) is 4. The lowest BCUT2D eigenvalue weighted by Crippen LogP contribution is -2.36. The minimum absolute atomic E-state index is 0.126. The average molecular weight is 1150 g/mol. The third kappa shape index (κ3) is 23.7. The molecule has 23 nitrogen and oxygen atoms in total. The van der Waals surface area contributed by atoms with Crippen LogP contribution >= 0.6 is 0 Å². The van der Waals surface area contributed by atoms with Gasteiger partial charge in [0.15, 0.2) is 5.78 Å². The molecule has 5 aromatic rings. The molecular formula is C60H79N9O14. The Hall–Kier alpha value is -7.54. The van der Waals surface area contributed by atoms with Crippen LogP contribution in [0.2, 0.25) is 0 Å². The quantitative estimate of drug-likeness (QED) is 0.0293. The summed E-state index contributed by atoms with van der Waals surface area (Å²) in [6, 6.07) is 20.4. The summed E-state index contributed by atoms with van der Waals surface area (Å²) in [5.41, 5.74) is 5.72. The molecule has 83 heavy (non-hydrogen) atoms. The van der Waals surface area contributed by atoms with Gasteiger partial charge in [-0.25, -0.2) is 9.48 Å². The number of fused-ring (bicyclic) bond motifs is 2. The molecule has 1 aliphatic rings. The Kier molecular flexibility index (Phi) is 28.7. The number of urea groups is 1. The fourth-order valence-electron chi connectivity index (χ4n) is 8.96. The predicted molar refractivity (Wildman–Crippen MR) is 309 cm³/mol. The van der Waals surface area contributed by atoms with Crippen molar-refractivity contribution in [1.82, 2.24) is 40.6 Å². The number of Topliss-reactive ketones (excluding diaryl/α,β-unsaturated/α-hetero) is 1. The Morgan fingerprint density at radius 3 is 2.01 bits per heavy atom. The van der Waals surface area contributed by atoms with Crippen LogP contribution in [0.4, 0.5) is 10.5 Å². The van der Waals surface area contributed by atoms with Gasteiger partial charge in [0.1, 0.15) is 0 Å². The van der Waals surface area contributed by atoms with Crippen LogP contribution in [-0.2, 0) is 72.0 Å². The van der Waals surface area contributed by atoms with Crippen molar-refractivity contribution < 1.29 is 62.3 Å². The molecule has 0 unspecified atom stereocenters. The van der Waals surface area contributed by atoms with Crippen LogP contribution < -0.4 is 26.8 Å². The van der Waals surface area contributed by atoms with E-state index in [0.29, 0.717) is 153 Å². The van der Waals surface area contributed by atoms with Gasteiger partial charge >= 0.3 is 12.0 Å². The number of methoxy groups -OCH3 is 1. The summed E-state index contributed by atoms with van der Waals surface area (Å²) in [6.45, 7) is 6.42. The van der Waals surface area contributed by atoms with E-state index in [2.05, 4.69) is 31.2 Å². The van der Waals surface area contributed by atoms with Crippen LogP contribution in [-0.4, -0.2) is 165 Å². The molecule has 0 saturated heterocycles. The normalized spacial score (nSPS) is 12.2. The van der Waals surface area contributed by atoms with Crippen molar-refractivity contribution in [2.24, 2.45) is 5.92 Å². The molecule has 0 saturated carbocycles. The maximum Gasteiger partial charge on any atom is 0.322 e. The molecule has 4 heterocycles. The van der Waals surface area contributed by atoms with Crippen molar-refractivity contribution in [3.63, 3.8) is 0 Å². The fourth-order valence-corrected chi connectivity index (χ4v) is 8.96. The van der Waals surface area contributed by atoms with Crippen LogP contribution in [0.15, 0.2) is 90.1 Å². The van der Waals surface area contributed by atoms with Crippen molar-refractivity contribution in [2.45, 2.75) is 90.3 Å². The third-order valence-corrected chi connectivity index (χ3v) is 13.5. The summed E-state index contributed by atoms with van der Waals surface area (Å²) in [7, 11) is 1.62. The lowest BCUT2D eigenvalue weighted by atomic mass is 9.94. The number of hydrogen-bond acceptors (Lipinski definition) is 16. The highest BCUT2D eigenvalue weighted by atomic mass is 16.6. The molecule has 23 heteroatoms. The van der Waals surface area contributed by atoms with Gasteiger partial charge in [0.05, 0.1) is 102 Å². The Bertz CT molecular complexity index is 2880. The molecule has 1 aliphatic heterocycles. The molecule has 0 fully saturated rings. The number of benzene rings is 2. The van der Waals surface area contributed by atoms with E-state index < -0.39 is 17.8 Å². The second-order valence-electron chi connectivity index (χ2n) is 19.9. The van der Waals surface area contributed by atoms with Crippen molar-refractivity contribution in [2.75, 3.05) is 105 Å². The highest BCUT2D eigenvalue weighted by Gasteiger charge is 2.24. The van der Waals surface area contributed by atoms with Gasteiger partial charge in [0.2, 0.25) is 17.7 Å². The number of anilines is 1. The molecule has 0 bridgehead atoms. The van der Waals surface area contributed by atoms with E-state index in [9.17, 15) is 33.6 Å². The number of aromatic nitrogens is 4. The summed E-state index contributed by atoms with van der Waals surface area (Å²) in [4.78, 5) is 99.7. The number of rotatable bonds is 41. The molecule has 0 radical (unpaired) electrons. The number of ether oxygens (including phenoxy) is 6. The van der Waals surface area contributed by atoms with E-state index in [1.807, 2.05) is 60.7 Å². The number of carbonyl (C=O) groups excluding carboxylic acids is 5. The first-order valence-corrected chi connectivity index (χ1v) is 28.4. The summed E-state index contributed by atoms with van der Waals surface area (Å²) in [5.74, 6) is -3.23. The molecular weight excluding hydrogens is 1070 g/mol. The Labute approximate surface area is 483 Å². The fraction of sp³-hybridized carbons (Fsp3) is 0.500. The first-order chi connectivity index (χ1) is 40.5. The molecule has 5 amide bonds. The van der Waals surface area contributed by atoms with E-state index in [-0.39, 0.29) is 68.0 Å². The first kappa shape index (κ1) is 64.6. The van der Waals surface area contributed by atoms with E-state index in [1.54, 1.807) is 36.7 Å². The van der Waals surface area contributed by atoms with E-state index >= 15 is 0 Å². The monoisotopic (exact) mass is 1150 g/mol. The van der Waals surface area contributed by atoms with Crippen molar-refractivity contribution in [3.8, 4) is 22.4 Å². The number of carbonyl (C=O) groups is 6. The highest BCUT2D eigenvalue weighted by Crippen LogP contribution is 2.27. The zero-order chi connectivity index (χ0) is 58.9. The number of nitrogens with one attached hydrogen (secondary N) is 4. The topological polar surface area (TPSA) is 290 Å². The standard InChI is InChI=1S/C60H79N9O14/c1-78-27-28-80-31-32-82-35-36-83-34-33-81-30-29-79-26-20-56(72)63-21-6-4-9-47(37-51(70)41-65-55(71)17-18-57(73)74)58(75)64-22-5-2-3-7-25-69-59(76)52(46-12-11-44-10-8-23-62-53(44)38-46)39-54(67-69)45-13-15-50(16-14-45)66-60(77)68-42-48-19-24-61-40-49(48)43-68/h8,10-16,19,23-24,38-40,47H,2-7,9,17-18,20-22,25-37,41-43H2,1H3,(H,63,72)(H,64,75)(H,65,71)(H,66,77)(H,73,74)/t47-/m1/s1. The van der Waals surface area contributed by atoms with E-state index in [1.165, 1.54) is 4.68 Å². The van der Waals surface area contributed by atoms with Gasteiger partial charge in [-0.3, -0.25) is 38.7 Å². The van der Waals surface area contributed by atoms with Crippen molar-refractivity contribution in [1.29, 1.82) is 0 Å². The van der Waals surface area contributed by atoms with Crippen LogP contribution in [0.3, 0.4) is 0 Å². The molecule has 5 N–H and O–H groups in total. The van der Waals surface area contributed by atoms with Crippen LogP contribution in [0.1, 0.15) is 81.8 Å². The third-order valence-electron chi connectivity index (χ3n) is 13.5. The summed E-state index contributed by atoms with van der Waals surface area (Å²) >= 11 is 0. The number of hydrogen-bond donors (Lipinski definition) is 5. The number of ketones is 1. The first-order valence-electron chi connectivity index (χ1n) is 28.4. The lowest BCUT2D eigenvalue weighted by Gasteiger charge is -2.17. The maximum atomic E-state index is 14.1. The van der Waals surface area contributed by atoms with Gasteiger partial charge < -0.3 is 59.7 Å². The van der Waals surface area contributed by atoms with Crippen LogP contribution in [0.25, 0.3) is 33.3 Å². The molecule has 448 valence electrons. The van der Waals surface area contributed by atoms with Gasteiger partial charge in [-0.2, -0.15) is 5.10 Å². The van der Waals surface area contributed by atoms with Gasteiger partial charge in [0.25, 0.3) is 5.56 Å². The highest BCUT2D eigenvalue weighted by molar-refractivity contribution is 5.91. The predicted octanol–water partition coefficient (Wildman–Crippen LogP) is 5.71. The number of pyridine rings is 2. The van der Waals surface area contributed by atoms with E-state index in [4.69, 9.17) is 38.6 Å².